The Morgan fingerprint density at radius 2 is 0.923 bits per heavy atom. The van der Waals surface area contributed by atoms with Gasteiger partial charge in [-0.15, -0.1) is 0 Å². The molecular formula is C41H42O11. The zero-order chi connectivity index (χ0) is 37.1. The lowest BCUT2D eigenvalue weighted by Gasteiger charge is -2.32. The van der Waals surface area contributed by atoms with Crippen LogP contribution in [0.2, 0.25) is 0 Å². The molecule has 0 aliphatic carbocycles. The van der Waals surface area contributed by atoms with Gasteiger partial charge >= 0.3 is 23.9 Å². The van der Waals surface area contributed by atoms with E-state index >= 15 is 0 Å². The van der Waals surface area contributed by atoms with Gasteiger partial charge < -0.3 is 33.2 Å². The minimum absolute atomic E-state index is 0.0337. The molecule has 272 valence electrons. The normalized spacial score (nSPS) is 13.1. The molecule has 0 amide bonds. The van der Waals surface area contributed by atoms with E-state index in [0.29, 0.717) is 24.8 Å². The molecule has 0 aliphatic rings. The monoisotopic (exact) mass is 710 g/mol. The average Bonchev–Trinajstić information content (AvgIpc) is 3.18. The summed E-state index contributed by atoms with van der Waals surface area (Å²) in [6.07, 6.45) is -3.58. The highest BCUT2D eigenvalue weighted by molar-refractivity contribution is 5.91. The molecule has 4 aromatic rings. The fourth-order valence-corrected chi connectivity index (χ4v) is 4.86. The van der Waals surface area contributed by atoms with Gasteiger partial charge in [0.1, 0.15) is 25.1 Å². The Morgan fingerprint density at radius 1 is 0.519 bits per heavy atom. The summed E-state index contributed by atoms with van der Waals surface area (Å²) in [7, 11) is 0. The number of unbranched alkanes of at least 4 members (excludes halogenated alkanes) is 1. The van der Waals surface area contributed by atoms with Gasteiger partial charge in [-0.1, -0.05) is 72.8 Å². The third-order valence-electron chi connectivity index (χ3n) is 7.66. The SMILES string of the molecule is CC(=O)CCCCO[C@@H](OC(COC(=O)c1ccccc1)[C@H](COC(=O)c1ccccc1)OC(=O)c1ccccc1)[C@@H](C)OC(=O)c1ccccc1. The van der Waals surface area contributed by atoms with E-state index in [1.54, 1.807) is 128 Å². The van der Waals surface area contributed by atoms with E-state index in [2.05, 4.69) is 0 Å². The third kappa shape index (κ3) is 12.9. The van der Waals surface area contributed by atoms with Crippen molar-refractivity contribution in [3.05, 3.63) is 144 Å². The molecule has 0 saturated heterocycles. The fourth-order valence-electron chi connectivity index (χ4n) is 4.86. The van der Waals surface area contributed by atoms with Gasteiger partial charge in [-0.25, -0.2) is 19.2 Å². The van der Waals surface area contributed by atoms with E-state index in [-0.39, 0.29) is 29.1 Å². The van der Waals surface area contributed by atoms with Crippen molar-refractivity contribution in [2.24, 2.45) is 0 Å². The van der Waals surface area contributed by atoms with Gasteiger partial charge in [-0.2, -0.15) is 0 Å². The number of esters is 4. The molecule has 0 radical (unpaired) electrons. The lowest BCUT2D eigenvalue weighted by atomic mass is 10.2. The maximum atomic E-state index is 13.4. The third-order valence-corrected chi connectivity index (χ3v) is 7.66. The number of benzene rings is 4. The Hall–Kier alpha value is -5.65. The smallest absolute Gasteiger partial charge is 0.338 e. The van der Waals surface area contributed by atoms with Crippen LogP contribution in [0.5, 0.6) is 0 Å². The Morgan fingerprint density at radius 3 is 1.37 bits per heavy atom. The quantitative estimate of drug-likeness (QED) is 0.0421. The standard InChI is InChI=1S/C41H42O11/c1-29(42)17-15-16-26-47-41(30(2)50-39(45)33-22-11-5-12-23-33)52-36(28-49-38(44)32-20-9-4-10-21-32)35(51-40(46)34-24-13-6-14-25-34)27-48-37(43)31-18-7-3-8-19-31/h3-14,18-25,30,35-36,41H,15-17,26-28H2,1-2H3/t30-,35+,36?,41+/m1/s1. The summed E-state index contributed by atoms with van der Waals surface area (Å²) in [4.78, 5) is 64.1. The predicted octanol–water partition coefficient (Wildman–Crippen LogP) is 6.66. The van der Waals surface area contributed by atoms with Crippen LogP contribution in [-0.2, 0) is 33.2 Å². The number of hydrogen-bond donors (Lipinski definition) is 0. The maximum absolute atomic E-state index is 13.4. The van der Waals surface area contributed by atoms with Gasteiger partial charge in [0, 0.05) is 13.0 Å². The first-order chi connectivity index (χ1) is 25.2. The molecule has 0 heterocycles. The van der Waals surface area contributed by atoms with Crippen LogP contribution in [0.25, 0.3) is 0 Å². The molecule has 52 heavy (non-hydrogen) atoms. The number of ketones is 1. The van der Waals surface area contributed by atoms with Crippen molar-refractivity contribution in [3.63, 3.8) is 0 Å². The Balaban J connectivity index is 1.63. The van der Waals surface area contributed by atoms with Crippen LogP contribution in [-0.4, -0.2) is 74.1 Å². The molecule has 0 fully saturated rings. The van der Waals surface area contributed by atoms with Crippen LogP contribution < -0.4 is 0 Å². The summed E-state index contributed by atoms with van der Waals surface area (Å²) >= 11 is 0. The number of carbonyl (C=O) groups excluding carboxylic acids is 5. The molecule has 11 heteroatoms. The van der Waals surface area contributed by atoms with Crippen molar-refractivity contribution >= 4 is 29.7 Å². The molecule has 0 bridgehead atoms. The van der Waals surface area contributed by atoms with E-state index < -0.39 is 61.7 Å². The zero-order valence-electron chi connectivity index (χ0n) is 29.1. The highest BCUT2D eigenvalue weighted by Gasteiger charge is 2.35. The summed E-state index contributed by atoms with van der Waals surface area (Å²) < 4.78 is 35.3. The first-order valence-corrected chi connectivity index (χ1v) is 16.9. The molecule has 4 rings (SSSR count). The van der Waals surface area contributed by atoms with E-state index in [9.17, 15) is 24.0 Å². The second kappa shape index (κ2) is 20.9. The second-order valence-electron chi connectivity index (χ2n) is 11.8. The van der Waals surface area contributed by atoms with Gasteiger partial charge in [-0.05, 0) is 75.2 Å². The van der Waals surface area contributed by atoms with Crippen molar-refractivity contribution in [3.8, 4) is 0 Å². The molecule has 0 saturated carbocycles. The Labute approximate surface area is 302 Å². The first kappa shape index (κ1) is 39.1. The molecule has 0 aliphatic heterocycles. The van der Waals surface area contributed by atoms with Gasteiger partial charge in [0.25, 0.3) is 0 Å². The summed E-state index contributed by atoms with van der Waals surface area (Å²) in [6, 6.07) is 33.0. The minimum atomic E-state index is -1.34. The molecule has 11 nitrogen and oxygen atoms in total. The van der Waals surface area contributed by atoms with Crippen LogP contribution in [0.1, 0.15) is 74.5 Å². The molecule has 0 N–H and O–H groups in total. The van der Waals surface area contributed by atoms with Gasteiger partial charge in [0.15, 0.2) is 18.5 Å². The average molecular weight is 711 g/mol. The summed E-state index contributed by atoms with van der Waals surface area (Å²) in [5, 5.41) is 0. The van der Waals surface area contributed by atoms with Gasteiger partial charge in [0.05, 0.1) is 22.3 Å². The highest BCUT2D eigenvalue weighted by Crippen LogP contribution is 2.19. The van der Waals surface area contributed by atoms with Gasteiger partial charge in [0.2, 0.25) is 0 Å². The van der Waals surface area contributed by atoms with E-state index in [0.717, 1.165) is 0 Å². The molecular weight excluding hydrogens is 668 g/mol. The Kier molecular flexibility index (Phi) is 15.7. The van der Waals surface area contributed by atoms with Crippen LogP contribution in [0.3, 0.4) is 0 Å². The fraction of sp³-hybridized carbons (Fsp3) is 0.293. The van der Waals surface area contributed by atoms with E-state index in [1.165, 1.54) is 6.92 Å². The van der Waals surface area contributed by atoms with Crippen LogP contribution in [0.15, 0.2) is 121 Å². The lowest BCUT2D eigenvalue weighted by molar-refractivity contribution is -0.236. The molecule has 1 unspecified atom stereocenters. The zero-order valence-corrected chi connectivity index (χ0v) is 29.1. The number of carbonyl (C=O) groups is 5. The summed E-state index contributed by atoms with van der Waals surface area (Å²) in [5.41, 5.74) is 1.03. The lowest BCUT2D eigenvalue weighted by Crippen LogP contribution is -2.46. The molecule has 0 aromatic heterocycles. The first-order valence-electron chi connectivity index (χ1n) is 16.9. The van der Waals surface area contributed by atoms with E-state index in [4.69, 9.17) is 28.4 Å². The van der Waals surface area contributed by atoms with Crippen LogP contribution in [0.4, 0.5) is 0 Å². The van der Waals surface area contributed by atoms with Crippen molar-refractivity contribution in [2.75, 3.05) is 19.8 Å². The Bertz CT molecular complexity index is 1710. The molecule has 4 aromatic carbocycles. The number of rotatable bonds is 20. The minimum Gasteiger partial charge on any atom is -0.459 e. The summed E-state index contributed by atoms with van der Waals surface area (Å²) in [5.74, 6) is -2.74. The number of hydrogen-bond acceptors (Lipinski definition) is 11. The second-order valence-corrected chi connectivity index (χ2v) is 11.8. The van der Waals surface area contributed by atoms with Crippen molar-refractivity contribution in [1.82, 2.24) is 0 Å². The number of ether oxygens (including phenoxy) is 6. The summed E-state index contributed by atoms with van der Waals surface area (Å²) in [6.45, 7) is 2.20. The van der Waals surface area contributed by atoms with E-state index in [1.807, 2.05) is 0 Å². The highest BCUT2D eigenvalue weighted by atomic mass is 16.7. The van der Waals surface area contributed by atoms with Crippen molar-refractivity contribution < 1.29 is 52.4 Å². The topological polar surface area (TPSA) is 141 Å². The van der Waals surface area contributed by atoms with Gasteiger partial charge in [-0.3, -0.25) is 0 Å². The number of Topliss-reactive ketones (excluding diaryl/α,β-unsaturated/α-hetero) is 1. The molecule has 4 atom stereocenters. The van der Waals surface area contributed by atoms with Crippen LogP contribution >= 0.6 is 0 Å². The van der Waals surface area contributed by atoms with Crippen molar-refractivity contribution in [1.29, 1.82) is 0 Å². The maximum Gasteiger partial charge on any atom is 0.338 e. The predicted molar refractivity (Wildman–Crippen MR) is 190 cm³/mol. The molecule has 0 spiro atoms. The van der Waals surface area contributed by atoms with Crippen molar-refractivity contribution in [2.45, 2.75) is 57.7 Å². The van der Waals surface area contributed by atoms with Crippen LogP contribution in [0, 0.1) is 0 Å². The largest absolute Gasteiger partial charge is 0.459 e.